The molecule has 0 spiro atoms. The number of nitrogens with zero attached hydrogens (tertiary/aromatic N) is 2. The number of pyridine rings is 1. The smallest absolute Gasteiger partial charge is 0.257 e. The SMILES string of the molecule is O=C(Nc1nc2ccc(F)cc2s1)c1ccc(-c2ncc([C@H](O)CO)cc2Cl)cc1. The Labute approximate surface area is 179 Å². The second-order valence-corrected chi connectivity index (χ2v) is 7.90. The van der Waals surface area contributed by atoms with Crippen molar-refractivity contribution in [1.29, 1.82) is 0 Å². The standard InChI is InChI=1S/C21H15ClFN3O3S/c22-15-7-13(17(28)10-27)9-24-19(15)11-1-3-12(4-2-11)20(29)26-21-25-16-6-5-14(23)8-18(16)30-21/h1-9,17,27-28H,10H2,(H,25,26,29)/t17-/m1/s1. The van der Waals surface area contributed by atoms with Crippen LogP contribution in [0.1, 0.15) is 22.0 Å². The number of halogens is 2. The lowest BCUT2D eigenvalue weighted by molar-refractivity contribution is 0.0954. The number of aromatic nitrogens is 2. The molecule has 4 rings (SSSR count). The van der Waals surface area contributed by atoms with E-state index >= 15 is 0 Å². The third-order valence-electron chi connectivity index (χ3n) is 4.41. The predicted molar refractivity (Wildman–Crippen MR) is 114 cm³/mol. The highest BCUT2D eigenvalue weighted by Gasteiger charge is 2.14. The molecule has 3 N–H and O–H groups in total. The average molecular weight is 444 g/mol. The molecule has 0 aliphatic carbocycles. The van der Waals surface area contributed by atoms with E-state index in [0.717, 1.165) is 0 Å². The van der Waals surface area contributed by atoms with Crippen LogP contribution in [-0.4, -0.2) is 32.7 Å². The summed E-state index contributed by atoms with van der Waals surface area (Å²) in [6, 6.07) is 12.5. The minimum atomic E-state index is -1.05. The van der Waals surface area contributed by atoms with Crippen molar-refractivity contribution in [3.8, 4) is 11.3 Å². The minimum Gasteiger partial charge on any atom is -0.393 e. The van der Waals surface area contributed by atoms with Gasteiger partial charge in [-0.3, -0.25) is 15.1 Å². The van der Waals surface area contributed by atoms with E-state index in [9.17, 15) is 14.3 Å². The van der Waals surface area contributed by atoms with Gasteiger partial charge in [0.05, 0.1) is 27.5 Å². The number of anilines is 1. The molecule has 1 amide bonds. The number of fused-ring (bicyclic) bond motifs is 1. The van der Waals surface area contributed by atoms with Crippen molar-refractivity contribution in [2.45, 2.75) is 6.10 Å². The van der Waals surface area contributed by atoms with Crippen LogP contribution in [0.5, 0.6) is 0 Å². The molecule has 2 aromatic heterocycles. The van der Waals surface area contributed by atoms with Gasteiger partial charge in [-0.05, 0) is 36.4 Å². The van der Waals surface area contributed by atoms with Gasteiger partial charge in [0.2, 0.25) is 0 Å². The number of nitrogens with one attached hydrogen (secondary N) is 1. The first-order valence-corrected chi connectivity index (χ1v) is 10.1. The summed E-state index contributed by atoms with van der Waals surface area (Å²) < 4.78 is 14.0. The molecular weight excluding hydrogens is 429 g/mol. The molecule has 9 heteroatoms. The Bertz CT molecular complexity index is 1230. The molecule has 6 nitrogen and oxygen atoms in total. The van der Waals surface area contributed by atoms with Gasteiger partial charge in [-0.1, -0.05) is 35.1 Å². The summed E-state index contributed by atoms with van der Waals surface area (Å²) in [5.41, 5.74) is 2.62. The summed E-state index contributed by atoms with van der Waals surface area (Å²) in [5, 5.41) is 22.1. The molecule has 0 aliphatic rings. The lowest BCUT2D eigenvalue weighted by atomic mass is 10.1. The number of aliphatic hydroxyl groups is 2. The summed E-state index contributed by atoms with van der Waals surface area (Å²) in [4.78, 5) is 21.0. The molecular formula is C21H15ClFN3O3S. The molecule has 1 atom stereocenters. The van der Waals surface area contributed by atoms with E-state index in [4.69, 9.17) is 16.7 Å². The van der Waals surface area contributed by atoms with Crippen LogP contribution < -0.4 is 5.32 Å². The summed E-state index contributed by atoms with van der Waals surface area (Å²) in [5.74, 6) is -0.702. The first-order chi connectivity index (χ1) is 14.4. The van der Waals surface area contributed by atoms with Crippen molar-refractivity contribution in [2.75, 3.05) is 11.9 Å². The molecule has 2 aromatic carbocycles. The third-order valence-corrected chi connectivity index (χ3v) is 5.63. The molecule has 4 aromatic rings. The molecule has 0 radical (unpaired) electrons. The van der Waals surface area contributed by atoms with Crippen molar-refractivity contribution < 1.29 is 19.4 Å². The van der Waals surface area contributed by atoms with Crippen molar-refractivity contribution in [3.05, 3.63) is 76.7 Å². The molecule has 0 saturated heterocycles. The Balaban J connectivity index is 1.52. The van der Waals surface area contributed by atoms with Gasteiger partial charge in [0, 0.05) is 22.9 Å². The maximum Gasteiger partial charge on any atom is 0.257 e. The summed E-state index contributed by atoms with van der Waals surface area (Å²) in [7, 11) is 0. The van der Waals surface area contributed by atoms with Crippen LogP contribution in [0.15, 0.2) is 54.7 Å². The molecule has 0 unspecified atom stereocenters. The van der Waals surface area contributed by atoms with Gasteiger partial charge in [-0.15, -0.1) is 0 Å². The monoisotopic (exact) mass is 443 g/mol. The van der Waals surface area contributed by atoms with Crippen LogP contribution in [0.25, 0.3) is 21.5 Å². The highest BCUT2D eigenvalue weighted by Crippen LogP contribution is 2.29. The zero-order chi connectivity index (χ0) is 21.3. The van der Waals surface area contributed by atoms with Gasteiger partial charge in [0.15, 0.2) is 5.13 Å². The Morgan fingerprint density at radius 3 is 2.67 bits per heavy atom. The molecule has 0 aliphatic heterocycles. The maximum atomic E-state index is 13.3. The summed E-state index contributed by atoms with van der Waals surface area (Å²) >= 11 is 7.45. The number of rotatable bonds is 5. The number of aliphatic hydroxyl groups excluding tert-OH is 2. The largest absolute Gasteiger partial charge is 0.393 e. The van der Waals surface area contributed by atoms with E-state index < -0.39 is 12.7 Å². The highest BCUT2D eigenvalue weighted by molar-refractivity contribution is 7.22. The van der Waals surface area contributed by atoms with Crippen LogP contribution >= 0.6 is 22.9 Å². The molecule has 30 heavy (non-hydrogen) atoms. The molecule has 152 valence electrons. The van der Waals surface area contributed by atoms with Gasteiger partial charge < -0.3 is 10.2 Å². The van der Waals surface area contributed by atoms with Gasteiger partial charge >= 0.3 is 0 Å². The lowest BCUT2D eigenvalue weighted by Crippen LogP contribution is -2.11. The number of amides is 1. The van der Waals surface area contributed by atoms with E-state index in [0.29, 0.717) is 42.8 Å². The number of hydrogen-bond acceptors (Lipinski definition) is 6. The quantitative estimate of drug-likeness (QED) is 0.424. The molecule has 0 fully saturated rings. The van der Waals surface area contributed by atoms with Crippen molar-refractivity contribution in [2.24, 2.45) is 0 Å². The average Bonchev–Trinajstić information content (AvgIpc) is 3.14. The predicted octanol–water partition coefficient (Wildman–Crippen LogP) is 4.43. The number of benzene rings is 2. The van der Waals surface area contributed by atoms with E-state index in [1.807, 2.05) is 0 Å². The topological polar surface area (TPSA) is 95.3 Å². The van der Waals surface area contributed by atoms with E-state index in [1.165, 1.54) is 29.7 Å². The van der Waals surface area contributed by atoms with Gasteiger partial charge in [0.1, 0.15) is 11.9 Å². The fourth-order valence-corrected chi connectivity index (χ4v) is 4.02. The fraction of sp³-hybridized carbons (Fsp3) is 0.0952. The molecule has 0 saturated carbocycles. The zero-order valence-corrected chi connectivity index (χ0v) is 16.9. The Kier molecular flexibility index (Phi) is 5.74. The first kappa shape index (κ1) is 20.4. The van der Waals surface area contributed by atoms with Crippen LogP contribution in [0, 0.1) is 5.82 Å². The number of hydrogen-bond donors (Lipinski definition) is 3. The summed E-state index contributed by atoms with van der Waals surface area (Å²) in [6.45, 7) is -0.426. The van der Waals surface area contributed by atoms with Crippen LogP contribution in [-0.2, 0) is 0 Å². The lowest BCUT2D eigenvalue weighted by Gasteiger charge is -2.10. The van der Waals surface area contributed by atoms with Crippen LogP contribution in [0.2, 0.25) is 5.02 Å². The van der Waals surface area contributed by atoms with E-state index in [1.54, 1.807) is 36.4 Å². The van der Waals surface area contributed by atoms with Gasteiger partial charge in [-0.25, -0.2) is 9.37 Å². The highest BCUT2D eigenvalue weighted by atomic mass is 35.5. The Morgan fingerprint density at radius 1 is 1.20 bits per heavy atom. The second kappa shape index (κ2) is 8.45. The van der Waals surface area contributed by atoms with Crippen LogP contribution in [0.4, 0.5) is 9.52 Å². The van der Waals surface area contributed by atoms with Crippen molar-refractivity contribution in [3.63, 3.8) is 0 Å². The Morgan fingerprint density at radius 2 is 1.97 bits per heavy atom. The number of carbonyl (C=O) groups is 1. The van der Waals surface area contributed by atoms with E-state index in [2.05, 4.69) is 15.3 Å². The van der Waals surface area contributed by atoms with Gasteiger partial charge in [-0.2, -0.15) is 0 Å². The molecule has 0 bridgehead atoms. The van der Waals surface area contributed by atoms with Crippen molar-refractivity contribution >= 4 is 44.2 Å². The first-order valence-electron chi connectivity index (χ1n) is 8.87. The van der Waals surface area contributed by atoms with Gasteiger partial charge in [0.25, 0.3) is 5.91 Å². The second-order valence-electron chi connectivity index (χ2n) is 6.46. The van der Waals surface area contributed by atoms with Crippen LogP contribution in [0.3, 0.4) is 0 Å². The van der Waals surface area contributed by atoms with Crippen molar-refractivity contribution in [1.82, 2.24) is 9.97 Å². The minimum absolute atomic E-state index is 0.318. The molecule has 2 heterocycles. The fourth-order valence-electron chi connectivity index (χ4n) is 2.85. The zero-order valence-electron chi connectivity index (χ0n) is 15.3. The third kappa shape index (κ3) is 4.17. The number of carbonyl (C=O) groups excluding carboxylic acids is 1. The maximum absolute atomic E-state index is 13.3. The Hall–Kier alpha value is -2.91. The normalized spacial score (nSPS) is 12.1. The number of thiazole rings is 1. The summed E-state index contributed by atoms with van der Waals surface area (Å²) in [6.07, 6.45) is 0.396. The van der Waals surface area contributed by atoms with E-state index in [-0.39, 0.29) is 11.7 Å².